The van der Waals surface area contributed by atoms with Gasteiger partial charge in [0.05, 0.1) is 13.2 Å². The fraction of sp³-hybridized carbons (Fsp3) is 0.833. The predicted molar refractivity (Wildman–Crippen MR) is 99.5 cm³/mol. The number of rotatable bonds is 10. The molecule has 0 aliphatic rings. The average Bonchev–Trinajstić information content (AvgIpc) is 2.49. The number of hydrogen-bond acceptors (Lipinski definition) is 6. The minimum absolute atomic E-state index is 0.284. The van der Waals surface area contributed by atoms with Crippen LogP contribution in [0.15, 0.2) is 0 Å². The first-order chi connectivity index (χ1) is 12.0. The molecular formula is C18H35N3O5. The van der Waals surface area contributed by atoms with Crippen molar-refractivity contribution < 1.29 is 23.9 Å². The zero-order valence-electron chi connectivity index (χ0n) is 16.9. The van der Waals surface area contributed by atoms with Crippen LogP contribution in [-0.2, 0) is 19.1 Å². The summed E-state index contributed by atoms with van der Waals surface area (Å²) < 4.78 is 9.88. The maximum Gasteiger partial charge on any atom is 0.407 e. The second-order valence-electron chi connectivity index (χ2n) is 7.74. The van der Waals surface area contributed by atoms with Crippen LogP contribution in [0.3, 0.4) is 0 Å². The molecule has 0 unspecified atom stereocenters. The van der Waals surface area contributed by atoms with Crippen molar-refractivity contribution in [2.24, 2.45) is 11.7 Å². The van der Waals surface area contributed by atoms with E-state index in [4.69, 9.17) is 15.2 Å². The minimum atomic E-state index is -0.743. The molecule has 26 heavy (non-hydrogen) atoms. The van der Waals surface area contributed by atoms with Crippen molar-refractivity contribution in [3.8, 4) is 0 Å². The van der Waals surface area contributed by atoms with E-state index in [0.29, 0.717) is 32.2 Å². The minimum Gasteiger partial charge on any atom is -0.467 e. The molecule has 8 nitrogen and oxygen atoms in total. The Balaban J connectivity index is 4.29. The molecule has 152 valence electrons. The van der Waals surface area contributed by atoms with Crippen LogP contribution in [0.4, 0.5) is 4.79 Å². The first-order valence-corrected chi connectivity index (χ1v) is 9.07. The van der Waals surface area contributed by atoms with Crippen LogP contribution >= 0.6 is 0 Å². The van der Waals surface area contributed by atoms with Gasteiger partial charge in [0.25, 0.3) is 0 Å². The molecule has 8 heteroatoms. The second kappa shape index (κ2) is 11.7. The van der Waals surface area contributed by atoms with Gasteiger partial charge in [-0.1, -0.05) is 13.8 Å². The van der Waals surface area contributed by atoms with Crippen LogP contribution in [0.25, 0.3) is 0 Å². The number of unbranched alkanes of at least 4 members (excludes halogenated alkanes) is 1. The van der Waals surface area contributed by atoms with Gasteiger partial charge in [-0.05, 0) is 52.4 Å². The normalized spacial score (nSPS) is 13.7. The highest BCUT2D eigenvalue weighted by molar-refractivity contribution is 5.87. The summed E-state index contributed by atoms with van der Waals surface area (Å²) in [7, 11) is 1.28. The highest BCUT2D eigenvalue weighted by Gasteiger charge is 2.24. The van der Waals surface area contributed by atoms with Crippen LogP contribution in [-0.4, -0.2) is 49.3 Å². The van der Waals surface area contributed by atoms with Gasteiger partial charge in [0, 0.05) is 6.54 Å². The van der Waals surface area contributed by atoms with Crippen LogP contribution in [0.1, 0.15) is 60.3 Å². The summed E-state index contributed by atoms with van der Waals surface area (Å²) in [4.78, 5) is 35.5. The number of nitrogens with two attached hydrogens (primary N) is 1. The van der Waals surface area contributed by atoms with Gasteiger partial charge in [0.15, 0.2) is 0 Å². The number of hydrogen-bond donors (Lipinski definition) is 3. The SMILES string of the molecule is COC(=O)[C@@H](CCCCNC(=O)OC(C)(C)C)NC(=O)[C@H](N)CC(C)C. The van der Waals surface area contributed by atoms with Gasteiger partial charge in [-0.25, -0.2) is 9.59 Å². The zero-order valence-corrected chi connectivity index (χ0v) is 16.9. The van der Waals surface area contributed by atoms with E-state index in [0.717, 1.165) is 0 Å². The molecule has 0 saturated carbocycles. The predicted octanol–water partition coefficient (Wildman–Crippen LogP) is 1.71. The lowest BCUT2D eigenvalue weighted by molar-refractivity contribution is -0.145. The van der Waals surface area contributed by atoms with Gasteiger partial charge in [-0.3, -0.25) is 4.79 Å². The van der Waals surface area contributed by atoms with Crippen molar-refractivity contribution in [3.63, 3.8) is 0 Å². The Morgan fingerprint density at radius 2 is 1.73 bits per heavy atom. The molecule has 0 saturated heterocycles. The van der Waals surface area contributed by atoms with E-state index in [1.807, 2.05) is 13.8 Å². The number of methoxy groups -OCH3 is 1. The number of carbonyl (C=O) groups excluding carboxylic acids is 3. The molecule has 0 aliphatic carbocycles. The first kappa shape index (κ1) is 24.2. The summed E-state index contributed by atoms with van der Waals surface area (Å²) in [6.07, 6.45) is 1.73. The Bertz CT molecular complexity index is 460. The van der Waals surface area contributed by atoms with E-state index in [1.54, 1.807) is 20.8 Å². The van der Waals surface area contributed by atoms with Crippen molar-refractivity contribution in [2.45, 2.75) is 78.0 Å². The number of alkyl carbamates (subject to hydrolysis) is 1. The molecule has 0 fully saturated rings. The molecule has 0 aliphatic heterocycles. The molecule has 0 heterocycles. The molecule has 4 N–H and O–H groups in total. The van der Waals surface area contributed by atoms with Gasteiger partial charge >= 0.3 is 12.1 Å². The Morgan fingerprint density at radius 3 is 2.23 bits per heavy atom. The molecule has 0 bridgehead atoms. The average molecular weight is 373 g/mol. The van der Waals surface area contributed by atoms with Crippen molar-refractivity contribution in [3.05, 3.63) is 0 Å². The maximum absolute atomic E-state index is 12.1. The van der Waals surface area contributed by atoms with Crippen molar-refractivity contribution >= 4 is 18.0 Å². The Kier molecular flexibility index (Phi) is 10.9. The summed E-state index contributed by atoms with van der Waals surface area (Å²) in [5.41, 5.74) is 5.30. The Morgan fingerprint density at radius 1 is 1.12 bits per heavy atom. The van der Waals surface area contributed by atoms with Gasteiger partial charge in [0.2, 0.25) is 5.91 Å². The molecule has 2 amide bonds. The van der Waals surface area contributed by atoms with Crippen molar-refractivity contribution in [2.75, 3.05) is 13.7 Å². The summed E-state index contributed by atoms with van der Waals surface area (Å²) >= 11 is 0. The molecule has 0 aromatic rings. The van der Waals surface area contributed by atoms with E-state index < -0.39 is 29.7 Å². The largest absolute Gasteiger partial charge is 0.467 e. The molecule has 2 atom stereocenters. The highest BCUT2D eigenvalue weighted by Crippen LogP contribution is 2.08. The lowest BCUT2D eigenvalue weighted by Gasteiger charge is -2.21. The van der Waals surface area contributed by atoms with Gasteiger partial charge in [-0.2, -0.15) is 0 Å². The monoisotopic (exact) mass is 373 g/mol. The van der Waals surface area contributed by atoms with Crippen LogP contribution in [0, 0.1) is 5.92 Å². The van der Waals surface area contributed by atoms with Crippen LogP contribution in [0.5, 0.6) is 0 Å². The number of ether oxygens (including phenoxy) is 2. The number of esters is 1. The standard InChI is InChI=1S/C18H35N3O5/c1-12(2)11-13(19)15(22)21-14(16(23)25-6)9-7-8-10-20-17(24)26-18(3,4)5/h12-14H,7-11,19H2,1-6H3,(H,20,24)(H,21,22)/t13-,14-/m1/s1. The maximum atomic E-state index is 12.1. The van der Waals surface area contributed by atoms with Gasteiger partial charge in [-0.15, -0.1) is 0 Å². The van der Waals surface area contributed by atoms with E-state index in [-0.39, 0.29) is 11.8 Å². The van der Waals surface area contributed by atoms with E-state index in [2.05, 4.69) is 10.6 Å². The fourth-order valence-corrected chi connectivity index (χ4v) is 2.26. The third-order valence-corrected chi connectivity index (χ3v) is 3.45. The van der Waals surface area contributed by atoms with Crippen LogP contribution < -0.4 is 16.4 Å². The Labute approximate surface area is 156 Å². The van der Waals surface area contributed by atoms with Gasteiger partial charge < -0.3 is 25.8 Å². The fourth-order valence-electron chi connectivity index (χ4n) is 2.26. The first-order valence-electron chi connectivity index (χ1n) is 9.07. The number of amides is 2. The molecule has 0 rings (SSSR count). The molecular weight excluding hydrogens is 338 g/mol. The Hall–Kier alpha value is -1.83. The van der Waals surface area contributed by atoms with E-state index >= 15 is 0 Å². The van der Waals surface area contributed by atoms with Gasteiger partial charge in [0.1, 0.15) is 11.6 Å². The summed E-state index contributed by atoms with van der Waals surface area (Å²) in [5, 5.41) is 5.31. The number of nitrogens with one attached hydrogen (secondary N) is 2. The smallest absolute Gasteiger partial charge is 0.407 e. The molecule has 0 aromatic carbocycles. The lowest BCUT2D eigenvalue weighted by Crippen LogP contribution is -2.49. The molecule has 0 spiro atoms. The zero-order chi connectivity index (χ0) is 20.3. The lowest BCUT2D eigenvalue weighted by atomic mass is 10.0. The topological polar surface area (TPSA) is 120 Å². The van der Waals surface area contributed by atoms with Crippen molar-refractivity contribution in [1.82, 2.24) is 10.6 Å². The van der Waals surface area contributed by atoms with Crippen molar-refractivity contribution in [1.29, 1.82) is 0 Å². The summed E-state index contributed by atoms with van der Waals surface area (Å²) in [5.74, 6) is -0.581. The highest BCUT2D eigenvalue weighted by atomic mass is 16.6. The quantitative estimate of drug-likeness (QED) is 0.396. The van der Waals surface area contributed by atoms with E-state index in [9.17, 15) is 14.4 Å². The molecule has 0 radical (unpaired) electrons. The third-order valence-electron chi connectivity index (χ3n) is 3.45. The third kappa shape index (κ3) is 11.7. The summed E-state index contributed by atoms with van der Waals surface area (Å²) in [6.45, 7) is 9.75. The van der Waals surface area contributed by atoms with E-state index in [1.165, 1.54) is 7.11 Å². The van der Waals surface area contributed by atoms with Crippen LogP contribution in [0.2, 0.25) is 0 Å². The second-order valence-corrected chi connectivity index (χ2v) is 7.74. The summed E-state index contributed by atoms with van der Waals surface area (Å²) in [6, 6.07) is -1.40. The number of carbonyl (C=O) groups is 3. The molecule has 0 aromatic heterocycles.